The molecular formula is C10H15N3O2. The molecule has 0 aliphatic carbocycles. The Hall–Kier alpha value is -1.62. The van der Waals surface area contributed by atoms with Crippen molar-refractivity contribution in [2.24, 2.45) is 5.73 Å². The molecule has 0 saturated carbocycles. The zero-order valence-electron chi connectivity index (χ0n) is 8.53. The summed E-state index contributed by atoms with van der Waals surface area (Å²) in [5.74, 6) is -0.314. The van der Waals surface area contributed by atoms with Crippen LogP contribution in [0.1, 0.15) is 12.8 Å². The lowest BCUT2D eigenvalue weighted by Crippen LogP contribution is -2.58. The summed E-state index contributed by atoms with van der Waals surface area (Å²) in [4.78, 5) is 24.0. The van der Waals surface area contributed by atoms with Gasteiger partial charge in [-0.2, -0.15) is 0 Å². The van der Waals surface area contributed by atoms with E-state index < -0.39 is 11.7 Å². The van der Waals surface area contributed by atoms with Crippen LogP contribution >= 0.6 is 0 Å². The molecule has 0 aromatic carbocycles. The third-order valence-electron chi connectivity index (χ3n) is 2.28. The largest absolute Gasteiger partial charge is 0.328 e. The van der Waals surface area contributed by atoms with Gasteiger partial charge in [-0.15, -0.1) is 13.2 Å². The molecule has 1 fully saturated rings. The maximum atomic E-state index is 11.5. The van der Waals surface area contributed by atoms with E-state index in [9.17, 15) is 9.59 Å². The molecule has 15 heavy (non-hydrogen) atoms. The fraction of sp³-hybridized carbons (Fsp3) is 0.400. The maximum Gasteiger partial charge on any atom is 0.326 e. The molecule has 0 atom stereocenters. The summed E-state index contributed by atoms with van der Waals surface area (Å²) in [6.07, 6.45) is 3.86. The number of hydrogen-bond acceptors (Lipinski definition) is 3. The molecule has 1 rings (SSSR count). The van der Waals surface area contributed by atoms with Gasteiger partial charge in [-0.25, -0.2) is 9.69 Å². The number of nitrogens with two attached hydrogens (primary N) is 1. The van der Waals surface area contributed by atoms with Crippen molar-refractivity contribution in [1.29, 1.82) is 0 Å². The maximum absolute atomic E-state index is 11.5. The Morgan fingerprint density at radius 2 is 1.93 bits per heavy atom. The van der Waals surface area contributed by atoms with Crippen LogP contribution in [0, 0.1) is 0 Å². The highest BCUT2D eigenvalue weighted by atomic mass is 16.2. The van der Waals surface area contributed by atoms with Crippen LogP contribution in [0.4, 0.5) is 4.79 Å². The minimum atomic E-state index is -1.04. The van der Waals surface area contributed by atoms with Crippen molar-refractivity contribution in [2.75, 3.05) is 6.54 Å². The summed E-state index contributed by atoms with van der Waals surface area (Å²) in [6.45, 7) is 7.14. The molecule has 3 N–H and O–H groups in total. The van der Waals surface area contributed by atoms with Crippen LogP contribution in [-0.2, 0) is 4.79 Å². The normalized spacial score (nSPS) is 16.5. The number of carbonyl (C=O) groups excluding carboxylic acids is 2. The molecule has 0 bridgehead atoms. The van der Waals surface area contributed by atoms with Gasteiger partial charge in [-0.3, -0.25) is 4.79 Å². The van der Waals surface area contributed by atoms with Crippen LogP contribution in [-0.4, -0.2) is 29.0 Å². The second-order valence-corrected chi connectivity index (χ2v) is 3.48. The van der Waals surface area contributed by atoms with E-state index in [-0.39, 0.29) is 12.5 Å². The Morgan fingerprint density at radius 3 is 2.27 bits per heavy atom. The second kappa shape index (κ2) is 4.27. The minimum Gasteiger partial charge on any atom is -0.328 e. The highest BCUT2D eigenvalue weighted by Gasteiger charge is 2.42. The molecule has 1 heterocycles. The van der Waals surface area contributed by atoms with Gasteiger partial charge in [0.2, 0.25) is 0 Å². The van der Waals surface area contributed by atoms with Gasteiger partial charge in [0.15, 0.2) is 0 Å². The predicted octanol–water partition coefficient (Wildman–Crippen LogP) is 0.345. The number of nitrogens with zero attached hydrogens (tertiary/aromatic N) is 1. The molecular weight excluding hydrogens is 194 g/mol. The van der Waals surface area contributed by atoms with E-state index in [4.69, 9.17) is 5.73 Å². The van der Waals surface area contributed by atoms with E-state index in [1.54, 1.807) is 12.2 Å². The number of carbonyl (C=O) groups is 2. The van der Waals surface area contributed by atoms with Gasteiger partial charge in [0, 0.05) is 12.8 Å². The highest BCUT2D eigenvalue weighted by Crippen LogP contribution is 2.21. The minimum absolute atomic E-state index is 0.00602. The Kier molecular flexibility index (Phi) is 3.26. The number of imide groups is 1. The fourth-order valence-corrected chi connectivity index (χ4v) is 1.64. The lowest BCUT2D eigenvalue weighted by atomic mass is 10.0. The van der Waals surface area contributed by atoms with Gasteiger partial charge in [0.05, 0.1) is 6.54 Å². The van der Waals surface area contributed by atoms with E-state index in [1.165, 1.54) is 0 Å². The molecule has 0 aromatic rings. The molecule has 82 valence electrons. The SMILES string of the molecule is C=CCC(N)(CC=C)N1C(=O)CNC1=O. The third kappa shape index (κ3) is 2.07. The summed E-state index contributed by atoms with van der Waals surface area (Å²) in [7, 11) is 0. The van der Waals surface area contributed by atoms with Crippen LogP contribution in [0.25, 0.3) is 0 Å². The average Bonchev–Trinajstić information content (AvgIpc) is 2.47. The van der Waals surface area contributed by atoms with Gasteiger partial charge in [-0.05, 0) is 0 Å². The first-order valence-corrected chi connectivity index (χ1v) is 4.66. The van der Waals surface area contributed by atoms with Gasteiger partial charge in [0.1, 0.15) is 5.66 Å². The predicted molar refractivity (Wildman–Crippen MR) is 56.8 cm³/mol. The molecule has 5 nitrogen and oxygen atoms in total. The van der Waals surface area contributed by atoms with Crippen LogP contribution in [0.3, 0.4) is 0 Å². The van der Waals surface area contributed by atoms with Crippen molar-refractivity contribution >= 4 is 11.9 Å². The zero-order valence-corrected chi connectivity index (χ0v) is 8.53. The number of urea groups is 1. The van der Waals surface area contributed by atoms with E-state index in [0.29, 0.717) is 12.8 Å². The molecule has 0 spiro atoms. The smallest absolute Gasteiger partial charge is 0.326 e. The van der Waals surface area contributed by atoms with E-state index in [2.05, 4.69) is 18.5 Å². The first-order chi connectivity index (χ1) is 7.05. The summed E-state index contributed by atoms with van der Waals surface area (Å²) in [5, 5.41) is 2.43. The molecule has 1 aliphatic rings. The number of nitrogens with one attached hydrogen (secondary N) is 1. The van der Waals surface area contributed by atoms with Crippen molar-refractivity contribution in [2.45, 2.75) is 18.5 Å². The molecule has 0 radical (unpaired) electrons. The summed E-state index contributed by atoms with van der Waals surface area (Å²) in [6, 6.07) is -0.453. The standard InChI is InChI=1S/C10H15N3O2/c1-3-5-10(11,6-4-2)13-8(14)7-12-9(13)15/h3-4H,1-2,5-7,11H2,(H,12,15). The monoisotopic (exact) mass is 209 g/mol. The van der Waals surface area contributed by atoms with Crippen molar-refractivity contribution in [3.8, 4) is 0 Å². The Bertz CT molecular complexity index is 286. The second-order valence-electron chi connectivity index (χ2n) is 3.48. The fourth-order valence-electron chi connectivity index (χ4n) is 1.64. The molecule has 0 aromatic heterocycles. The van der Waals surface area contributed by atoms with Gasteiger partial charge >= 0.3 is 6.03 Å². The number of rotatable bonds is 5. The molecule has 0 unspecified atom stereocenters. The van der Waals surface area contributed by atoms with Crippen molar-refractivity contribution < 1.29 is 9.59 Å². The first-order valence-electron chi connectivity index (χ1n) is 4.66. The molecule has 1 aliphatic heterocycles. The topological polar surface area (TPSA) is 75.4 Å². The quantitative estimate of drug-likeness (QED) is 0.506. The van der Waals surface area contributed by atoms with Crippen LogP contribution < -0.4 is 11.1 Å². The first kappa shape index (κ1) is 11.5. The van der Waals surface area contributed by atoms with E-state index in [1.807, 2.05) is 0 Å². The summed E-state index contributed by atoms with van der Waals surface area (Å²) >= 11 is 0. The van der Waals surface area contributed by atoms with Crippen molar-refractivity contribution in [3.05, 3.63) is 25.3 Å². The van der Waals surface area contributed by atoms with Crippen LogP contribution in [0.2, 0.25) is 0 Å². The molecule has 1 saturated heterocycles. The summed E-state index contributed by atoms with van der Waals surface area (Å²) in [5.41, 5.74) is 4.97. The van der Waals surface area contributed by atoms with Crippen LogP contribution in [0.15, 0.2) is 25.3 Å². The number of amides is 3. The molecule has 5 heteroatoms. The van der Waals surface area contributed by atoms with Gasteiger partial charge in [-0.1, -0.05) is 12.2 Å². The summed E-state index contributed by atoms with van der Waals surface area (Å²) < 4.78 is 0. The Morgan fingerprint density at radius 1 is 1.40 bits per heavy atom. The lowest BCUT2D eigenvalue weighted by Gasteiger charge is -2.34. The van der Waals surface area contributed by atoms with E-state index >= 15 is 0 Å². The molecule has 3 amide bonds. The van der Waals surface area contributed by atoms with Crippen molar-refractivity contribution in [1.82, 2.24) is 10.2 Å². The highest BCUT2D eigenvalue weighted by molar-refractivity contribution is 6.02. The van der Waals surface area contributed by atoms with Crippen molar-refractivity contribution in [3.63, 3.8) is 0 Å². The Balaban J connectivity index is 2.96. The van der Waals surface area contributed by atoms with E-state index in [0.717, 1.165) is 4.90 Å². The zero-order chi connectivity index (χ0) is 11.5. The number of hydrogen-bond donors (Lipinski definition) is 2. The average molecular weight is 209 g/mol. The van der Waals surface area contributed by atoms with Gasteiger partial charge in [0.25, 0.3) is 5.91 Å². The van der Waals surface area contributed by atoms with Crippen LogP contribution in [0.5, 0.6) is 0 Å². The van der Waals surface area contributed by atoms with Gasteiger partial charge < -0.3 is 11.1 Å². The third-order valence-corrected chi connectivity index (χ3v) is 2.28. The lowest BCUT2D eigenvalue weighted by molar-refractivity contribution is -0.129. The Labute approximate surface area is 88.6 Å².